The van der Waals surface area contributed by atoms with Gasteiger partial charge in [-0.05, 0) is 31.3 Å². The van der Waals surface area contributed by atoms with E-state index in [1.165, 1.54) is 0 Å². The zero-order valence-corrected chi connectivity index (χ0v) is 7.07. The summed E-state index contributed by atoms with van der Waals surface area (Å²) in [7, 11) is 1.89. The molecule has 0 amide bonds. The highest BCUT2D eigenvalue weighted by Gasteiger charge is 2.10. The normalized spacial score (nSPS) is 13.4. The van der Waals surface area contributed by atoms with Crippen molar-refractivity contribution in [2.45, 2.75) is 26.4 Å². The van der Waals surface area contributed by atoms with Gasteiger partial charge in [0.1, 0.15) is 0 Å². The molecule has 1 N–H and O–H groups in total. The molecule has 0 fully saturated rings. The van der Waals surface area contributed by atoms with Gasteiger partial charge in [-0.2, -0.15) is 0 Å². The number of hydrogen-bond acceptors (Lipinski definition) is 4. The summed E-state index contributed by atoms with van der Waals surface area (Å²) >= 11 is 0. The third-order valence-corrected chi connectivity index (χ3v) is 1.68. The molecule has 0 saturated carbocycles. The fraction of sp³-hybridized carbons (Fsp3) is 0.833. The van der Waals surface area contributed by atoms with Gasteiger partial charge in [-0.3, -0.25) is 0 Å². The first-order chi connectivity index (χ1) is 5.29. The maximum atomic E-state index is 3.90. The lowest BCUT2D eigenvalue weighted by molar-refractivity contribution is 0.529. The van der Waals surface area contributed by atoms with Crippen molar-refractivity contribution < 1.29 is 0 Å². The molecule has 0 radical (unpaired) electrons. The Balaban J connectivity index is 2.83. The van der Waals surface area contributed by atoms with E-state index in [0.717, 1.165) is 12.4 Å². The zero-order valence-electron chi connectivity index (χ0n) is 7.07. The third kappa shape index (κ3) is 1.54. The van der Waals surface area contributed by atoms with E-state index in [9.17, 15) is 0 Å². The molecule has 1 aromatic heterocycles. The van der Waals surface area contributed by atoms with E-state index >= 15 is 0 Å². The summed E-state index contributed by atoms with van der Waals surface area (Å²) in [4.78, 5) is 0. The summed E-state index contributed by atoms with van der Waals surface area (Å²) in [5.41, 5.74) is 0. The van der Waals surface area contributed by atoms with Gasteiger partial charge < -0.3 is 5.32 Å². The van der Waals surface area contributed by atoms with Gasteiger partial charge in [0.05, 0.1) is 6.04 Å². The molecule has 0 bridgehead atoms. The van der Waals surface area contributed by atoms with Crippen LogP contribution < -0.4 is 5.32 Å². The van der Waals surface area contributed by atoms with E-state index in [4.69, 9.17) is 0 Å². The summed E-state index contributed by atoms with van der Waals surface area (Å²) in [5, 5.41) is 14.4. The van der Waals surface area contributed by atoms with Gasteiger partial charge in [0, 0.05) is 6.54 Å². The molecule has 0 aromatic carbocycles. The van der Waals surface area contributed by atoms with Crippen LogP contribution in [0.5, 0.6) is 0 Å². The first-order valence-electron chi connectivity index (χ1n) is 3.73. The van der Waals surface area contributed by atoms with Gasteiger partial charge in [-0.1, -0.05) is 0 Å². The fourth-order valence-corrected chi connectivity index (χ4v) is 0.876. The SMILES string of the molecule is CCn1nnnc1C(C)NC. The number of tetrazole rings is 1. The maximum Gasteiger partial charge on any atom is 0.167 e. The van der Waals surface area contributed by atoms with Gasteiger partial charge in [-0.25, -0.2) is 4.68 Å². The Kier molecular flexibility index (Phi) is 2.53. The Hall–Kier alpha value is -0.970. The second kappa shape index (κ2) is 3.43. The van der Waals surface area contributed by atoms with E-state index < -0.39 is 0 Å². The van der Waals surface area contributed by atoms with Gasteiger partial charge >= 0.3 is 0 Å². The van der Waals surface area contributed by atoms with E-state index in [1.807, 2.05) is 20.9 Å². The minimum Gasteiger partial charge on any atom is -0.311 e. The van der Waals surface area contributed by atoms with Crippen LogP contribution in [0.1, 0.15) is 25.7 Å². The highest BCUT2D eigenvalue weighted by molar-refractivity contribution is 4.88. The first kappa shape index (κ1) is 8.13. The van der Waals surface area contributed by atoms with Crippen LogP contribution in [0.15, 0.2) is 0 Å². The average molecular weight is 155 g/mol. The van der Waals surface area contributed by atoms with Crippen LogP contribution in [0.2, 0.25) is 0 Å². The molecule has 1 aromatic rings. The maximum absolute atomic E-state index is 3.90. The van der Waals surface area contributed by atoms with Crippen LogP contribution in [0.3, 0.4) is 0 Å². The topological polar surface area (TPSA) is 55.6 Å². The number of rotatable bonds is 3. The Bertz CT molecular complexity index is 219. The van der Waals surface area contributed by atoms with Crippen molar-refractivity contribution in [1.29, 1.82) is 0 Å². The van der Waals surface area contributed by atoms with Crippen LogP contribution in [0.4, 0.5) is 0 Å². The monoisotopic (exact) mass is 155 g/mol. The summed E-state index contributed by atoms with van der Waals surface area (Å²) in [6, 6.07) is 0.213. The highest BCUT2D eigenvalue weighted by Crippen LogP contribution is 2.04. The lowest BCUT2D eigenvalue weighted by atomic mass is 10.3. The summed E-state index contributed by atoms with van der Waals surface area (Å²) < 4.78 is 1.78. The van der Waals surface area contributed by atoms with Crippen molar-refractivity contribution in [3.05, 3.63) is 5.82 Å². The average Bonchev–Trinajstić information content (AvgIpc) is 2.50. The lowest BCUT2D eigenvalue weighted by Gasteiger charge is -2.07. The van der Waals surface area contributed by atoms with Gasteiger partial charge in [0.15, 0.2) is 5.82 Å². The van der Waals surface area contributed by atoms with Crippen molar-refractivity contribution in [1.82, 2.24) is 25.5 Å². The summed E-state index contributed by atoms with van der Waals surface area (Å²) in [5.74, 6) is 0.884. The second-order valence-electron chi connectivity index (χ2n) is 2.36. The van der Waals surface area contributed by atoms with Crippen molar-refractivity contribution in [2.75, 3.05) is 7.05 Å². The quantitative estimate of drug-likeness (QED) is 0.666. The largest absolute Gasteiger partial charge is 0.311 e. The Labute approximate surface area is 65.8 Å². The minimum atomic E-state index is 0.213. The van der Waals surface area contributed by atoms with Crippen molar-refractivity contribution in [3.8, 4) is 0 Å². The van der Waals surface area contributed by atoms with Crippen LogP contribution in [0.25, 0.3) is 0 Å². The lowest BCUT2D eigenvalue weighted by Crippen LogP contribution is -2.18. The van der Waals surface area contributed by atoms with E-state index in [1.54, 1.807) is 4.68 Å². The van der Waals surface area contributed by atoms with Gasteiger partial charge in [0.2, 0.25) is 0 Å². The van der Waals surface area contributed by atoms with Crippen LogP contribution in [0, 0.1) is 0 Å². The molecular formula is C6H13N5. The molecule has 0 aliphatic rings. The van der Waals surface area contributed by atoms with Crippen molar-refractivity contribution in [3.63, 3.8) is 0 Å². The number of nitrogens with zero attached hydrogens (tertiary/aromatic N) is 4. The molecule has 0 saturated heterocycles. The molecule has 62 valence electrons. The number of aryl methyl sites for hydroxylation is 1. The smallest absolute Gasteiger partial charge is 0.167 e. The molecule has 1 rings (SSSR count). The minimum absolute atomic E-state index is 0.213. The molecule has 0 spiro atoms. The zero-order chi connectivity index (χ0) is 8.27. The molecule has 1 atom stereocenters. The molecule has 5 heteroatoms. The number of nitrogens with one attached hydrogen (secondary N) is 1. The standard InChI is InChI=1S/C6H13N5/c1-4-11-6(5(2)7-3)8-9-10-11/h5,7H,4H2,1-3H3. The van der Waals surface area contributed by atoms with E-state index in [0.29, 0.717) is 0 Å². The summed E-state index contributed by atoms with van der Waals surface area (Å²) in [6.45, 7) is 4.86. The molecule has 5 nitrogen and oxygen atoms in total. The highest BCUT2D eigenvalue weighted by atomic mass is 15.5. The van der Waals surface area contributed by atoms with Gasteiger partial charge in [0.25, 0.3) is 0 Å². The second-order valence-corrected chi connectivity index (χ2v) is 2.36. The predicted octanol–water partition coefficient (Wildman–Crippen LogP) is -0.0266. The van der Waals surface area contributed by atoms with Crippen LogP contribution >= 0.6 is 0 Å². The molecule has 11 heavy (non-hydrogen) atoms. The molecular weight excluding hydrogens is 142 g/mol. The molecule has 0 aliphatic heterocycles. The molecule has 0 aliphatic carbocycles. The predicted molar refractivity (Wildman–Crippen MR) is 41.0 cm³/mol. The Morgan fingerprint density at radius 1 is 1.64 bits per heavy atom. The van der Waals surface area contributed by atoms with Crippen LogP contribution in [-0.4, -0.2) is 27.3 Å². The fourth-order valence-electron chi connectivity index (χ4n) is 0.876. The van der Waals surface area contributed by atoms with E-state index in [2.05, 4.69) is 20.8 Å². The Morgan fingerprint density at radius 2 is 2.36 bits per heavy atom. The summed E-state index contributed by atoms with van der Waals surface area (Å²) in [6.07, 6.45) is 0. The van der Waals surface area contributed by atoms with Crippen molar-refractivity contribution >= 4 is 0 Å². The van der Waals surface area contributed by atoms with Crippen molar-refractivity contribution in [2.24, 2.45) is 0 Å². The molecule has 1 unspecified atom stereocenters. The number of hydrogen-bond donors (Lipinski definition) is 1. The third-order valence-electron chi connectivity index (χ3n) is 1.68. The van der Waals surface area contributed by atoms with E-state index in [-0.39, 0.29) is 6.04 Å². The number of aromatic nitrogens is 4. The first-order valence-corrected chi connectivity index (χ1v) is 3.73. The van der Waals surface area contributed by atoms with Gasteiger partial charge in [-0.15, -0.1) is 5.10 Å². The molecule has 1 heterocycles. The van der Waals surface area contributed by atoms with Crippen LogP contribution in [-0.2, 0) is 6.54 Å². The Morgan fingerprint density at radius 3 is 2.91 bits per heavy atom.